The van der Waals surface area contributed by atoms with Gasteiger partial charge in [0.15, 0.2) is 12.1 Å². The lowest BCUT2D eigenvalue weighted by Crippen LogP contribution is -2.58. The van der Waals surface area contributed by atoms with E-state index in [2.05, 4.69) is 16.0 Å². The van der Waals surface area contributed by atoms with E-state index in [4.69, 9.17) is 29.4 Å². The van der Waals surface area contributed by atoms with Crippen LogP contribution in [0.3, 0.4) is 0 Å². The number of hydrogen-bond acceptors (Lipinski definition) is 21. The predicted molar refractivity (Wildman–Crippen MR) is 340 cm³/mol. The molecule has 4 aliphatic rings. The Kier molecular flexibility index (Phi) is 34.8. The topological polar surface area (TPSA) is 399 Å². The second-order valence-electron chi connectivity index (χ2n) is 24.7. The van der Waals surface area contributed by atoms with Crippen LogP contribution in [0.15, 0.2) is 85.1 Å². The Morgan fingerprint density at radius 2 is 1.23 bits per heavy atom. The number of rotatable bonds is 17. The van der Waals surface area contributed by atoms with E-state index in [1.165, 1.54) is 16.7 Å². The first kappa shape index (κ1) is 78.9. The minimum Gasteiger partial charge on any atom is -0.462 e. The summed E-state index contributed by atoms with van der Waals surface area (Å²) in [6.07, 6.45) is 8.50. The Morgan fingerprint density at radius 3 is 1.83 bits per heavy atom. The third-order valence-corrected chi connectivity index (χ3v) is 17.0. The Hall–Kier alpha value is -5.56. The molecule has 0 aliphatic carbocycles. The average molecular weight is 1300 g/mol. The molecule has 4 rings (SSSR count). The first-order valence-corrected chi connectivity index (χ1v) is 32.4. The van der Waals surface area contributed by atoms with E-state index < -0.39 is 171 Å². The van der Waals surface area contributed by atoms with Gasteiger partial charge in [0.1, 0.15) is 18.2 Å². The lowest BCUT2D eigenvalue weighted by molar-refractivity contribution is -0.301. The molecule has 0 aromatic rings. The average Bonchev–Trinajstić information content (AvgIpc) is 1.29. The van der Waals surface area contributed by atoms with Gasteiger partial charge < -0.3 is 101 Å². The molecule has 0 saturated carbocycles. The van der Waals surface area contributed by atoms with E-state index in [1.54, 1.807) is 89.3 Å². The molecule has 0 aromatic heterocycles. The van der Waals surface area contributed by atoms with Gasteiger partial charge in [0.05, 0.1) is 99.2 Å². The largest absolute Gasteiger partial charge is 0.462 e. The van der Waals surface area contributed by atoms with Crippen LogP contribution in [-0.2, 0) is 52.5 Å². The quantitative estimate of drug-likeness (QED) is 0.0540. The molecular formula is C66H106N6O20. The summed E-state index contributed by atoms with van der Waals surface area (Å²) in [4.78, 5) is 81.1. The van der Waals surface area contributed by atoms with Gasteiger partial charge in [0, 0.05) is 76.7 Å². The van der Waals surface area contributed by atoms with E-state index in [0.717, 1.165) is 0 Å². The summed E-state index contributed by atoms with van der Waals surface area (Å²) in [6.45, 7) is 11.9. The van der Waals surface area contributed by atoms with Crippen LogP contribution in [-0.4, -0.2) is 241 Å². The van der Waals surface area contributed by atoms with Crippen molar-refractivity contribution < 1.29 is 98.4 Å². The van der Waals surface area contributed by atoms with E-state index in [-0.39, 0.29) is 70.4 Å². The summed E-state index contributed by atoms with van der Waals surface area (Å²) in [6, 6.07) is -2.06. The lowest BCUT2D eigenvalue weighted by atomic mass is 9.82. The summed E-state index contributed by atoms with van der Waals surface area (Å²) < 4.78 is 29.8. The van der Waals surface area contributed by atoms with Crippen molar-refractivity contribution in [3.8, 4) is 0 Å². The first-order chi connectivity index (χ1) is 43.6. The molecule has 0 radical (unpaired) electrons. The maximum atomic E-state index is 14.2. The molecule has 5 amide bonds. The third-order valence-electron chi connectivity index (χ3n) is 17.0. The first-order valence-electron chi connectivity index (χ1n) is 32.4. The molecule has 520 valence electrons. The number of amides is 5. The molecule has 26 heteroatoms. The van der Waals surface area contributed by atoms with Crippen molar-refractivity contribution in [2.75, 3.05) is 45.9 Å². The monoisotopic (exact) mass is 1300 g/mol. The molecule has 3 unspecified atom stereocenters. The van der Waals surface area contributed by atoms with Crippen molar-refractivity contribution in [3.63, 3.8) is 0 Å². The molecule has 3 fully saturated rings. The molecule has 14 N–H and O–H groups in total. The third kappa shape index (κ3) is 27.4. The number of aliphatic hydroxyl groups excluding tert-OH is 8. The van der Waals surface area contributed by atoms with Crippen LogP contribution in [0.2, 0.25) is 0 Å². The summed E-state index contributed by atoms with van der Waals surface area (Å²) in [5.41, 5.74) is 5.94. The predicted octanol–water partition coefficient (Wildman–Crippen LogP) is 0.660. The van der Waals surface area contributed by atoms with E-state index in [0.29, 0.717) is 38.8 Å². The molecular weight excluding hydrogens is 1200 g/mol. The zero-order valence-corrected chi connectivity index (χ0v) is 54.5. The summed E-state index contributed by atoms with van der Waals surface area (Å²) in [7, 11) is 0. The van der Waals surface area contributed by atoms with Crippen molar-refractivity contribution in [1.29, 1.82) is 0 Å². The fourth-order valence-corrected chi connectivity index (χ4v) is 11.7. The van der Waals surface area contributed by atoms with Crippen LogP contribution in [0.5, 0.6) is 0 Å². The molecule has 0 aromatic carbocycles. The Morgan fingerprint density at radius 1 is 0.674 bits per heavy atom. The second kappa shape index (κ2) is 40.6. The maximum Gasteiger partial charge on any atom is 0.308 e. The van der Waals surface area contributed by atoms with Crippen molar-refractivity contribution >= 4 is 35.5 Å². The number of likely N-dealkylation sites (tertiary alicyclic amines) is 2. The van der Waals surface area contributed by atoms with Crippen LogP contribution in [0.4, 0.5) is 0 Å². The fourth-order valence-electron chi connectivity index (χ4n) is 11.7. The summed E-state index contributed by atoms with van der Waals surface area (Å²) in [5.74, 6) is -7.37. The minimum atomic E-state index is -2.32. The smallest absolute Gasteiger partial charge is 0.308 e. The van der Waals surface area contributed by atoms with Crippen molar-refractivity contribution in [2.45, 2.75) is 229 Å². The van der Waals surface area contributed by atoms with Gasteiger partial charge in [-0.3, -0.25) is 28.8 Å². The Labute approximate surface area is 541 Å². The van der Waals surface area contributed by atoms with Crippen LogP contribution in [0, 0.1) is 17.8 Å². The highest BCUT2D eigenvalue weighted by molar-refractivity contribution is 5.93. The van der Waals surface area contributed by atoms with Gasteiger partial charge in [-0.2, -0.15) is 0 Å². The Bertz CT molecular complexity index is 2510. The van der Waals surface area contributed by atoms with Crippen LogP contribution in [0.25, 0.3) is 0 Å². The highest BCUT2D eigenvalue weighted by Gasteiger charge is 2.50. The molecule has 20 atom stereocenters. The number of fused-ring (bicyclic) bond motifs is 2. The number of nitrogens with two attached hydrogens (primary N) is 1. The molecule has 92 heavy (non-hydrogen) atoms. The lowest BCUT2D eigenvalue weighted by Gasteiger charge is -2.45. The number of ether oxygens (including phenoxy) is 5. The number of carbonyl (C=O) groups excluding carboxylic acids is 6. The molecule has 4 aliphatic heterocycles. The van der Waals surface area contributed by atoms with Gasteiger partial charge in [-0.15, -0.1) is 0 Å². The van der Waals surface area contributed by atoms with Crippen LogP contribution < -0.4 is 21.7 Å². The summed E-state index contributed by atoms with van der Waals surface area (Å²) >= 11 is 0. The second-order valence-corrected chi connectivity index (χ2v) is 24.7. The molecule has 2 bridgehead atoms. The van der Waals surface area contributed by atoms with Crippen molar-refractivity contribution in [1.82, 2.24) is 25.8 Å². The number of carbonyl (C=O) groups is 6. The molecule has 0 spiro atoms. The number of hydrogen-bond donors (Lipinski definition) is 13. The highest BCUT2D eigenvalue weighted by atomic mass is 16.7. The van der Waals surface area contributed by atoms with Crippen molar-refractivity contribution in [2.24, 2.45) is 23.5 Å². The van der Waals surface area contributed by atoms with E-state index in [1.807, 2.05) is 37.3 Å². The fraction of sp³-hybridized carbons (Fsp3) is 0.697. The summed E-state index contributed by atoms with van der Waals surface area (Å²) in [5, 5.41) is 108. The zero-order valence-electron chi connectivity index (χ0n) is 54.5. The number of allylic oxidation sites excluding steroid dienone is 12. The number of cyclic esters (lactones) is 1. The van der Waals surface area contributed by atoms with Crippen LogP contribution >= 0.6 is 0 Å². The van der Waals surface area contributed by atoms with Gasteiger partial charge in [-0.25, -0.2) is 0 Å². The zero-order chi connectivity index (χ0) is 68.1. The highest BCUT2D eigenvalue weighted by Crippen LogP contribution is 2.38. The van der Waals surface area contributed by atoms with Gasteiger partial charge >= 0.3 is 5.97 Å². The molecule has 26 nitrogen and oxygen atoms in total. The Balaban J connectivity index is 1.49. The van der Waals surface area contributed by atoms with Gasteiger partial charge in [0.2, 0.25) is 29.5 Å². The molecule has 3 saturated heterocycles. The minimum absolute atomic E-state index is 0.0168. The number of aliphatic hydroxyl groups is 9. The number of nitrogens with zero attached hydrogens (tertiary/aromatic N) is 2. The van der Waals surface area contributed by atoms with E-state index in [9.17, 15) is 74.7 Å². The van der Waals surface area contributed by atoms with Crippen LogP contribution in [0.1, 0.15) is 126 Å². The molecule has 4 heterocycles. The number of nitrogens with one attached hydrogen (secondary N) is 3. The number of esters is 1. The van der Waals surface area contributed by atoms with Gasteiger partial charge in [0.25, 0.3) is 0 Å². The standard InChI is InChI=1S/C66H106N6O20/c1-41-22-18-16-14-12-10-8-9-11-13-15-17-19-23-51(91-47(7)89-45(5)62(83)43(3)67)37-57-60(65(86)69-29-33-88-32-28-68-63(84)53-25-21-31-72(53)58(80)40-70-64(85)52-24-20-30-71(52)46(6)73)56(79)39-66(87,92-57)38-50(76)35-55(78)54(77)27-26-48(74)34-49(75)36-59(81)90-44(4)42(2)61(41)82/h8-19,22-23,41-45,47-57,60-62,74-79,82-83,87H,20-21,24-40,67H2,1-7H3,(H,68,84)(H,69,86)(H,70,85)/b9-8+,12-10+,13-11+,16-14+,17-15+,22-18+,23-19+/t41-,42-,43?,44-,45?,47-,48+,49+,50-,51-,52-,53-,54+,55+,56-,57-,60+,61+,62?,66+/m0/s1. The van der Waals surface area contributed by atoms with Gasteiger partial charge in [-0.1, -0.05) is 98.9 Å². The van der Waals surface area contributed by atoms with Gasteiger partial charge in [-0.05, 0) is 72.6 Å². The normalized spacial score (nSPS) is 35.1. The maximum absolute atomic E-state index is 14.2. The van der Waals surface area contributed by atoms with Crippen molar-refractivity contribution in [3.05, 3.63) is 85.1 Å². The van der Waals surface area contributed by atoms with E-state index >= 15 is 0 Å². The SMILES string of the molecule is CC(=O)N1CCC[C@H]1C(=O)NCC(=O)N1CCC[C@H]1C(=O)NCCOCCNC(=O)[C@H]1[C@@H]2C[C@@H](O[C@@H](C)OC(C)C(O)C(C)N)/C=C/C=C/C=C/C=C/C=C/C=C/C=C/[C@H](C)[C@@H](O)[C@@H](C)[C@H](C)OC(=O)C[C@H](O)C[C@H](O)CC[C@@H](O)[C@H](O)C[C@H](O)C[C@](O)(C[C@@H]1O)O2.